The van der Waals surface area contributed by atoms with Crippen LogP contribution in [0, 0.1) is 5.92 Å². The summed E-state index contributed by atoms with van der Waals surface area (Å²) in [6.07, 6.45) is 24.2. The van der Waals surface area contributed by atoms with Gasteiger partial charge in [-0.15, -0.1) is 0 Å². The third-order valence-electron chi connectivity index (χ3n) is 23.3. The smallest absolute Gasteiger partial charge is 0.317 e. The van der Waals surface area contributed by atoms with Crippen LogP contribution in [0.25, 0.3) is 0 Å². The maximum absolute atomic E-state index is 14.1. The standard InChI is InChI=1S/C40H72N10O6.C39H69N9O6/c1-4-5-6-9-14-35(51)20-29-19-32-23-43-39(55)49-27-31(47-37(53)16-11-8-13-18-42-3)22-34(49)25-45-40(56)50-28-30(46-36(52)15-10-7-12-17-41-2)21-33(50)24-44-38(54)48(32)26-29;1-40-16-10-4-7-13-34(49)43-28-19-31-22-38(53)47-26-30(45-36(51)15-9-6-12-18-42-3)21-33(47)24-39(54)48-27-29(20-32(48)23-37(52)46(31)25-28)44-35(50)14-8-5-11-17-41-2/h29-34,41-42H,4-28H2,1-3H3,(H,43,55)(H,44,54)(H,45,56)(H,46,52)(H,47,53);28-33,40-42H,4-27H2,1-3H3,(H,43,49)(H,44,50)(H,45,51)/t;28?,29?,30?,31-,32-,33-/m.0/s1. The zero-order valence-corrected chi connectivity index (χ0v) is 67.7. The van der Waals surface area contributed by atoms with Gasteiger partial charge in [0, 0.05) is 171 Å². The van der Waals surface area contributed by atoms with Crippen LogP contribution in [-0.4, -0.2) is 294 Å². The summed E-state index contributed by atoms with van der Waals surface area (Å²) in [4.78, 5) is 171. The van der Waals surface area contributed by atoms with Crippen LogP contribution >= 0.6 is 0 Å². The number of rotatable bonds is 42. The summed E-state index contributed by atoms with van der Waals surface area (Å²) < 4.78 is 0. The molecular weight excluding hydrogens is 1410 g/mol. The van der Waals surface area contributed by atoms with E-state index in [1.165, 1.54) is 0 Å². The van der Waals surface area contributed by atoms with Gasteiger partial charge in [0.15, 0.2) is 0 Å². The van der Waals surface area contributed by atoms with Crippen molar-refractivity contribution in [2.75, 3.05) is 127 Å². The fourth-order valence-electron chi connectivity index (χ4n) is 17.5. The molecule has 13 N–H and O–H groups in total. The van der Waals surface area contributed by atoms with Gasteiger partial charge >= 0.3 is 18.1 Å². The van der Waals surface area contributed by atoms with Crippen molar-refractivity contribution < 1.29 is 57.5 Å². The maximum atomic E-state index is 14.1. The van der Waals surface area contributed by atoms with Crippen LogP contribution < -0.4 is 69.1 Å². The number of fused-ring (bicyclic) bond motifs is 6. The highest BCUT2D eigenvalue weighted by Gasteiger charge is 2.48. The molecule has 0 aliphatic carbocycles. The predicted octanol–water partition coefficient (Wildman–Crippen LogP) is 3.19. The third-order valence-corrected chi connectivity index (χ3v) is 23.3. The van der Waals surface area contributed by atoms with Gasteiger partial charge < -0.3 is 98.5 Å². The number of hydrogen-bond donors (Lipinski definition) is 13. The molecule has 0 aromatic rings. The van der Waals surface area contributed by atoms with E-state index >= 15 is 0 Å². The Kier molecular flexibility index (Phi) is 40.6. The second-order valence-electron chi connectivity index (χ2n) is 32.4. The van der Waals surface area contributed by atoms with Gasteiger partial charge in [-0.1, -0.05) is 58.3 Å². The average Bonchev–Trinajstić information content (AvgIpc) is 1.64. The summed E-state index contributed by atoms with van der Waals surface area (Å²) in [5.41, 5.74) is 0. The van der Waals surface area contributed by atoms with Crippen molar-refractivity contribution in [3.8, 4) is 0 Å². The number of amides is 14. The van der Waals surface area contributed by atoms with E-state index in [1.54, 1.807) is 29.4 Å². The van der Waals surface area contributed by atoms with E-state index in [9.17, 15) is 57.5 Å². The predicted molar refractivity (Wildman–Crippen MR) is 423 cm³/mol. The summed E-state index contributed by atoms with van der Waals surface area (Å²) >= 11 is 0. The molecule has 31 nitrogen and oxygen atoms in total. The molecule has 8 saturated heterocycles. The first-order valence-electron chi connectivity index (χ1n) is 42.5. The number of ketones is 1. The van der Waals surface area contributed by atoms with Crippen molar-refractivity contribution in [3.63, 3.8) is 0 Å². The molecule has 0 saturated carbocycles. The molecule has 110 heavy (non-hydrogen) atoms. The fraction of sp³-hybridized carbons (Fsp3) is 0.848. The van der Waals surface area contributed by atoms with E-state index in [-0.39, 0.29) is 182 Å². The molecule has 9 unspecified atom stereocenters. The molecule has 8 aliphatic rings. The summed E-state index contributed by atoms with van der Waals surface area (Å²) in [7, 11) is 9.56. The number of hydrogen-bond acceptors (Lipinski definition) is 17. The molecule has 8 rings (SSSR count). The third kappa shape index (κ3) is 30.9. The van der Waals surface area contributed by atoms with Gasteiger partial charge in [-0.3, -0.25) is 43.2 Å². The van der Waals surface area contributed by atoms with Crippen LogP contribution in [0.15, 0.2) is 0 Å². The van der Waals surface area contributed by atoms with Crippen LogP contribution in [0.5, 0.6) is 0 Å². The lowest BCUT2D eigenvalue weighted by Crippen LogP contribution is -2.52. The molecule has 8 aliphatic heterocycles. The normalized spacial score (nSPS) is 25.7. The maximum Gasteiger partial charge on any atom is 0.317 e. The molecular formula is C79H141N19O12. The number of Topliss-reactive ketones (excluding diaryl/α,β-unsaturated/α-hetero) is 1. The van der Waals surface area contributed by atoms with Gasteiger partial charge in [-0.25, -0.2) is 14.4 Å². The Hall–Kier alpha value is -6.96. The van der Waals surface area contributed by atoms with E-state index in [1.807, 2.05) is 35.2 Å². The topological polar surface area (TPSA) is 381 Å². The largest absolute Gasteiger partial charge is 0.352 e. The molecule has 8 fully saturated rings. The first kappa shape index (κ1) is 90.2. The van der Waals surface area contributed by atoms with Crippen molar-refractivity contribution in [1.29, 1.82) is 0 Å². The molecule has 0 aromatic carbocycles. The van der Waals surface area contributed by atoms with E-state index in [4.69, 9.17) is 0 Å². The summed E-state index contributed by atoms with van der Waals surface area (Å²) in [6.45, 7) is 9.27. The molecule has 0 bridgehead atoms. The molecule has 14 amide bonds. The average molecular weight is 1550 g/mol. The van der Waals surface area contributed by atoms with Crippen LogP contribution in [0.1, 0.15) is 232 Å². The Labute approximate surface area is 655 Å². The minimum atomic E-state index is -0.388. The van der Waals surface area contributed by atoms with Crippen LogP contribution in [0.2, 0.25) is 0 Å². The molecule has 31 heteroatoms. The monoisotopic (exact) mass is 1550 g/mol. The fourth-order valence-corrected chi connectivity index (χ4v) is 17.5. The zero-order chi connectivity index (χ0) is 79.2. The highest BCUT2D eigenvalue weighted by atomic mass is 16.2. The summed E-state index contributed by atoms with van der Waals surface area (Å²) in [5, 5.41) is 40.4. The Morgan fingerprint density at radius 2 is 0.564 bits per heavy atom. The Balaban J connectivity index is 0.000000306. The molecule has 8 heterocycles. The lowest BCUT2D eigenvalue weighted by atomic mass is 9.96. The zero-order valence-electron chi connectivity index (χ0n) is 67.7. The van der Waals surface area contributed by atoms with Gasteiger partial charge in [0.1, 0.15) is 5.78 Å². The molecule has 0 radical (unpaired) electrons. The minimum absolute atomic E-state index is 0.0100. The van der Waals surface area contributed by atoms with Crippen molar-refractivity contribution in [3.05, 3.63) is 0 Å². The molecule has 624 valence electrons. The Bertz CT molecular complexity index is 2740. The second kappa shape index (κ2) is 49.5. The summed E-state index contributed by atoms with van der Waals surface area (Å²) in [5.74, 6) is -0.460. The first-order valence-corrected chi connectivity index (χ1v) is 42.5. The van der Waals surface area contributed by atoms with Gasteiger partial charge in [0.2, 0.25) is 47.3 Å². The number of urea groups is 3. The van der Waals surface area contributed by atoms with Crippen LogP contribution in [0.3, 0.4) is 0 Å². The van der Waals surface area contributed by atoms with Crippen LogP contribution in [-0.2, 0) is 43.2 Å². The van der Waals surface area contributed by atoms with Gasteiger partial charge in [0.05, 0.1) is 18.1 Å². The molecule has 0 spiro atoms. The first-order chi connectivity index (χ1) is 53.2. The van der Waals surface area contributed by atoms with Gasteiger partial charge in [0.25, 0.3) is 0 Å². The number of carbonyl (C=O) groups is 12. The lowest BCUT2D eigenvalue weighted by Gasteiger charge is -2.33. The SMILES string of the molecule is CCCCCCC(=O)CC1CC2CNC(=O)N3CC(NC(=O)CCCCCNC)CC3CNC(=O)N3CC(NC(=O)CCCCCNC)CC3CNC(=O)N2C1.CNCCCCCC(=O)NC1C[C@H]2CC(=O)N3CC(NC(=O)CCCCCNC)C[C@H]3CC(=O)N3CC(NC(=O)CCCCCNC)C[C@H]3CC(=O)N2C1. The lowest BCUT2D eigenvalue weighted by molar-refractivity contribution is -0.141. The highest BCUT2D eigenvalue weighted by molar-refractivity contribution is 5.86. The van der Waals surface area contributed by atoms with E-state index in [2.05, 4.69) is 76.0 Å². The van der Waals surface area contributed by atoms with Crippen molar-refractivity contribution >= 4 is 71.1 Å². The summed E-state index contributed by atoms with van der Waals surface area (Å²) in [6, 6.07) is -4.43. The Morgan fingerprint density at radius 3 is 0.855 bits per heavy atom. The quantitative estimate of drug-likeness (QED) is 0.0390. The number of carbonyl (C=O) groups excluding carboxylic acids is 12. The highest BCUT2D eigenvalue weighted by Crippen LogP contribution is 2.33. The van der Waals surface area contributed by atoms with E-state index in [0.29, 0.717) is 123 Å². The Morgan fingerprint density at radius 1 is 0.309 bits per heavy atom. The number of nitrogens with one attached hydrogen (secondary N) is 13. The number of unbranched alkanes of at least 4 members (excludes halogenated alkanes) is 13. The number of nitrogens with zero attached hydrogens (tertiary/aromatic N) is 6. The molecule has 12 atom stereocenters. The van der Waals surface area contributed by atoms with Crippen molar-refractivity contribution in [2.45, 2.75) is 298 Å². The van der Waals surface area contributed by atoms with Crippen molar-refractivity contribution in [1.82, 2.24) is 98.5 Å². The molecule has 0 aromatic heterocycles. The van der Waals surface area contributed by atoms with Crippen molar-refractivity contribution in [2.24, 2.45) is 5.92 Å². The minimum Gasteiger partial charge on any atom is -0.352 e. The second-order valence-corrected chi connectivity index (χ2v) is 32.4. The van der Waals surface area contributed by atoms with Crippen LogP contribution in [0.4, 0.5) is 14.4 Å². The van der Waals surface area contributed by atoms with E-state index < -0.39 is 0 Å². The van der Waals surface area contributed by atoms with Gasteiger partial charge in [-0.05, 0) is 183 Å². The van der Waals surface area contributed by atoms with E-state index in [0.717, 1.165) is 155 Å². The van der Waals surface area contributed by atoms with Gasteiger partial charge in [-0.2, -0.15) is 0 Å².